The molecule has 3 nitrogen and oxygen atoms in total. The van der Waals surface area contributed by atoms with Crippen molar-refractivity contribution in [1.29, 1.82) is 0 Å². The quantitative estimate of drug-likeness (QED) is 0.753. The van der Waals surface area contributed by atoms with Crippen LogP contribution in [-0.4, -0.2) is 9.97 Å². The van der Waals surface area contributed by atoms with Gasteiger partial charge in [-0.05, 0) is 40.2 Å². The van der Waals surface area contributed by atoms with Crippen molar-refractivity contribution in [3.8, 4) is 0 Å². The average molecular weight is 336 g/mol. The number of benzene rings is 1. The Labute approximate surface area is 121 Å². The van der Waals surface area contributed by atoms with E-state index >= 15 is 0 Å². The second-order valence-electron chi connectivity index (χ2n) is 4.11. The van der Waals surface area contributed by atoms with E-state index in [-0.39, 0.29) is 5.69 Å². The van der Waals surface area contributed by atoms with E-state index in [2.05, 4.69) is 31.2 Å². The van der Waals surface area contributed by atoms with E-state index in [9.17, 15) is 8.78 Å². The van der Waals surface area contributed by atoms with Gasteiger partial charge in [-0.1, -0.05) is 6.07 Å². The minimum absolute atomic E-state index is 0.0576. The zero-order chi connectivity index (χ0) is 14.1. The van der Waals surface area contributed by atoms with Crippen LogP contribution >= 0.6 is 15.9 Å². The number of hydrogen-bond acceptors (Lipinski definition) is 3. The van der Waals surface area contributed by atoms with Gasteiger partial charge in [0.05, 0.1) is 16.9 Å². The van der Waals surface area contributed by atoms with Gasteiger partial charge in [-0.15, -0.1) is 0 Å². The Balaban J connectivity index is 2.09. The fourth-order valence-electron chi connectivity index (χ4n) is 1.85. The summed E-state index contributed by atoms with van der Waals surface area (Å²) in [5.74, 6) is -1.82. The van der Waals surface area contributed by atoms with Gasteiger partial charge in [-0.25, -0.2) is 8.78 Å². The van der Waals surface area contributed by atoms with Crippen LogP contribution in [0.3, 0.4) is 0 Å². The summed E-state index contributed by atoms with van der Waals surface area (Å²) in [6.45, 7) is 0. The summed E-state index contributed by atoms with van der Waals surface area (Å²) < 4.78 is 27.7. The fourth-order valence-corrected chi connectivity index (χ4v) is 2.17. The molecule has 0 amide bonds. The largest absolute Gasteiger partial charge is 0.351 e. The molecular weight excluding hydrogens is 328 g/mol. The minimum atomic E-state index is -0.922. The third kappa shape index (κ3) is 2.34. The van der Waals surface area contributed by atoms with Crippen molar-refractivity contribution in [1.82, 2.24) is 9.97 Å². The zero-order valence-electron chi connectivity index (χ0n) is 10.1. The molecule has 0 bridgehead atoms. The minimum Gasteiger partial charge on any atom is -0.351 e. The highest BCUT2D eigenvalue weighted by Crippen LogP contribution is 2.27. The van der Waals surface area contributed by atoms with Crippen molar-refractivity contribution in [3.05, 3.63) is 58.8 Å². The maximum Gasteiger partial charge on any atom is 0.182 e. The lowest BCUT2D eigenvalue weighted by Gasteiger charge is -2.10. The van der Waals surface area contributed by atoms with E-state index in [1.807, 2.05) is 0 Å². The second-order valence-corrected chi connectivity index (χ2v) is 5.02. The monoisotopic (exact) mass is 335 g/mol. The SMILES string of the molecule is Fc1cccc(Nc2ccnc3cc(Br)cnc23)c1F. The van der Waals surface area contributed by atoms with Gasteiger partial charge in [-0.3, -0.25) is 9.97 Å². The number of aromatic nitrogens is 2. The average Bonchev–Trinajstić information content (AvgIpc) is 2.44. The molecule has 0 spiro atoms. The summed E-state index contributed by atoms with van der Waals surface area (Å²) in [4.78, 5) is 8.42. The lowest BCUT2D eigenvalue weighted by atomic mass is 10.2. The molecule has 0 aliphatic carbocycles. The van der Waals surface area contributed by atoms with Crippen molar-refractivity contribution in [3.63, 3.8) is 0 Å². The van der Waals surface area contributed by atoms with Crippen LogP contribution in [0.25, 0.3) is 11.0 Å². The summed E-state index contributed by atoms with van der Waals surface area (Å²) in [7, 11) is 0. The van der Waals surface area contributed by atoms with Gasteiger partial charge < -0.3 is 5.32 Å². The summed E-state index contributed by atoms with van der Waals surface area (Å²) >= 11 is 3.31. The predicted molar refractivity (Wildman–Crippen MR) is 76.9 cm³/mol. The van der Waals surface area contributed by atoms with Crippen LogP contribution in [0.2, 0.25) is 0 Å². The molecule has 0 aliphatic rings. The molecule has 1 aromatic carbocycles. The molecule has 3 rings (SSSR count). The summed E-state index contributed by atoms with van der Waals surface area (Å²) in [6, 6.07) is 7.43. The van der Waals surface area contributed by atoms with Crippen LogP contribution in [0, 0.1) is 11.6 Å². The third-order valence-corrected chi connectivity index (χ3v) is 3.20. The Kier molecular flexibility index (Phi) is 3.31. The topological polar surface area (TPSA) is 37.8 Å². The number of nitrogens with one attached hydrogen (secondary N) is 1. The molecule has 6 heteroatoms. The first-order chi connectivity index (χ1) is 9.65. The van der Waals surface area contributed by atoms with E-state index in [0.29, 0.717) is 16.7 Å². The molecule has 0 aliphatic heterocycles. The lowest BCUT2D eigenvalue weighted by molar-refractivity contribution is 0.512. The van der Waals surface area contributed by atoms with Crippen molar-refractivity contribution >= 4 is 38.3 Å². The smallest absolute Gasteiger partial charge is 0.182 e. The molecular formula is C14H8BrF2N3. The summed E-state index contributed by atoms with van der Waals surface area (Å²) in [5.41, 5.74) is 1.86. The van der Waals surface area contributed by atoms with Crippen LogP contribution in [0.5, 0.6) is 0 Å². The Morgan fingerprint density at radius 2 is 1.90 bits per heavy atom. The van der Waals surface area contributed by atoms with Crippen molar-refractivity contribution in [2.75, 3.05) is 5.32 Å². The molecule has 0 saturated heterocycles. The number of rotatable bonds is 2. The highest BCUT2D eigenvalue weighted by atomic mass is 79.9. The highest BCUT2D eigenvalue weighted by Gasteiger charge is 2.10. The van der Waals surface area contributed by atoms with Crippen molar-refractivity contribution in [2.24, 2.45) is 0 Å². The molecule has 20 heavy (non-hydrogen) atoms. The Morgan fingerprint density at radius 3 is 2.75 bits per heavy atom. The first-order valence-electron chi connectivity index (χ1n) is 5.76. The predicted octanol–water partition coefficient (Wildman–Crippen LogP) is 4.41. The molecule has 100 valence electrons. The van der Waals surface area contributed by atoms with Crippen LogP contribution in [0.1, 0.15) is 0 Å². The molecule has 1 N–H and O–H groups in total. The molecule has 3 aromatic rings. The van der Waals surface area contributed by atoms with Crippen molar-refractivity contribution < 1.29 is 8.78 Å². The maximum atomic E-state index is 13.7. The summed E-state index contributed by atoms with van der Waals surface area (Å²) in [5, 5.41) is 2.84. The fraction of sp³-hybridized carbons (Fsp3) is 0. The van der Waals surface area contributed by atoms with Gasteiger partial charge >= 0.3 is 0 Å². The normalized spacial score (nSPS) is 10.8. The van der Waals surface area contributed by atoms with Gasteiger partial charge in [0.15, 0.2) is 11.6 Å². The second kappa shape index (κ2) is 5.13. The molecule has 0 unspecified atom stereocenters. The van der Waals surface area contributed by atoms with Crippen LogP contribution in [0.4, 0.5) is 20.2 Å². The van der Waals surface area contributed by atoms with Gasteiger partial charge in [0.2, 0.25) is 0 Å². The number of nitrogens with zero attached hydrogens (tertiary/aromatic N) is 2. The van der Waals surface area contributed by atoms with E-state index in [4.69, 9.17) is 0 Å². The maximum absolute atomic E-state index is 13.7. The molecule has 0 fully saturated rings. The van der Waals surface area contributed by atoms with Crippen molar-refractivity contribution in [2.45, 2.75) is 0 Å². The number of halogens is 3. The standard InChI is InChI=1S/C14H8BrF2N3/c15-8-6-12-14(19-7-8)11(4-5-18-12)20-10-3-1-2-9(16)13(10)17/h1-7H,(H,18,20). The summed E-state index contributed by atoms with van der Waals surface area (Å²) in [6.07, 6.45) is 3.20. The molecule has 0 atom stereocenters. The zero-order valence-corrected chi connectivity index (χ0v) is 11.7. The van der Waals surface area contributed by atoms with E-state index in [1.54, 1.807) is 24.5 Å². The van der Waals surface area contributed by atoms with Crippen LogP contribution in [-0.2, 0) is 0 Å². The number of fused-ring (bicyclic) bond motifs is 1. The van der Waals surface area contributed by atoms with Crippen LogP contribution < -0.4 is 5.32 Å². The van der Waals surface area contributed by atoms with Gasteiger partial charge in [-0.2, -0.15) is 0 Å². The highest BCUT2D eigenvalue weighted by molar-refractivity contribution is 9.10. The Morgan fingerprint density at radius 1 is 1.05 bits per heavy atom. The molecule has 0 saturated carbocycles. The van der Waals surface area contributed by atoms with Gasteiger partial charge in [0.25, 0.3) is 0 Å². The molecule has 2 heterocycles. The Hall–Kier alpha value is -2.08. The first-order valence-corrected chi connectivity index (χ1v) is 6.56. The number of anilines is 2. The number of hydrogen-bond donors (Lipinski definition) is 1. The third-order valence-electron chi connectivity index (χ3n) is 2.77. The Bertz CT molecular complexity index is 792. The molecule has 0 radical (unpaired) electrons. The molecule has 2 aromatic heterocycles. The van der Waals surface area contributed by atoms with Crippen LogP contribution in [0.15, 0.2) is 47.2 Å². The first kappa shape index (κ1) is 12.9. The van der Waals surface area contributed by atoms with Gasteiger partial charge in [0.1, 0.15) is 5.52 Å². The van der Waals surface area contributed by atoms with E-state index in [1.165, 1.54) is 12.1 Å². The van der Waals surface area contributed by atoms with E-state index < -0.39 is 11.6 Å². The number of pyridine rings is 2. The van der Waals surface area contributed by atoms with E-state index in [0.717, 1.165) is 10.5 Å². The van der Waals surface area contributed by atoms with Gasteiger partial charge in [0, 0.05) is 16.9 Å². The lowest BCUT2D eigenvalue weighted by Crippen LogP contribution is -1.98.